The molecule has 1 aliphatic rings. The van der Waals surface area contributed by atoms with Crippen molar-refractivity contribution >= 4 is 39.3 Å². The lowest BCUT2D eigenvalue weighted by atomic mass is 9.97. The van der Waals surface area contributed by atoms with Gasteiger partial charge in [-0.05, 0) is 43.7 Å². The van der Waals surface area contributed by atoms with Gasteiger partial charge in [0, 0.05) is 52.5 Å². The van der Waals surface area contributed by atoms with Gasteiger partial charge in [0.1, 0.15) is 18.1 Å². The number of hydrogen-bond donors (Lipinski definition) is 0. The van der Waals surface area contributed by atoms with Gasteiger partial charge in [-0.3, -0.25) is 4.79 Å². The third kappa shape index (κ3) is 3.15. The number of ketones is 1. The third-order valence-electron chi connectivity index (χ3n) is 5.89. The highest BCUT2D eigenvalue weighted by molar-refractivity contribution is 6.17. The number of aromatic nitrogens is 1. The number of oxime groups is 1. The molecule has 0 saturated heterocycles. The van der Waals surface area contributed by atoms with Crippen molar-refractivity contribution in [3.63, 3.8) is 0 Å². The van der Waals surface area contributed by atoms with Crippen molar-refractivity contribution in [2.75, 3.05) is 6.61 Å². The Morgan fingerprint density at radius 2 is 1.84 bits per heavy atom. The maximum atomic E-state index is 13.2. The predicted octanol–water partition coefficient (Wildman–Crippen LogP) is 5.01. The standard InChI is InChI=1S/C26H22N2O4/c1-4-28-23-10-9-17(26(30)18-8-6-5-7-15(18)2)11-19(23)20-12-21-22(27-32-16(3)29)14-31-25(21)13-24(20)28/h5-13H,4,14H2,1-3H3/b27-22+. The van der Waals surface area contributed by atoms with E-state index < -0.39 is 5.97 Å². The zero-order valence-corrected chi connectivity index (χ0v) is 18.1. The van der Waals surface area contributed by atoms with Crippen LogP contribution < -0.4 is 4.74 Å². The van der Waals surface area contributed by atoms with Crippen LogP contribution >= 0.6 is 0 Å². The van der Waals surface area contributed by atoms with Gasteiger partial charge in [0.05, 0.1) is 5.52 Å². The van der Waals surface area contributed by atoms with Crippen LogP contribution in [0.15, 0.2) is 59.8 Å². The molecule has 5 rings (SSSR count). The topological polar surface area (TPSA) is 69.9 Å². The van der Waals surface area contributed by atoms with E-state index in [1.807, 2.05) is 61.5 Å². The molecule has 0 spiro atoms. The predicted molar refractivity (Wildman–Crippen MR) is 124 cm³/mol. The fourth-order valence-corrected chi connectivity index (χ4v) is 4.35. The lowest BCUT2D eigenvalue weighted by Gasteiger charge is -2.06. The summed E-state index contributed by atoms with van der Waals surface area (Å²) >= 11 is 0. The first kappa shape index (κ1) is 20.0. The molecular weight excluding hydrogens is 404 g/mol. The van der Waals surface area contributed by atoms with Crippen molar-refractivity contribution in [2.45, 2.75) is 27.3 Å². The minimum absolute atomic E-state index is 0.00371. The van der Waals surface area contributed by atoms with Gasteiger partial charge >= 0.3 is 5.97 Å². The average molecular weight is 426 g/mol. The van der Waals surface area contributed by atoms with Gasteiger partial charge in [-0.25, -0.2) is 4.79 Å². The molecule has 0 atom stereocenters. The highest BCUT2D eigenvalue weighted by Gasteiger charge is 2.24. The summed E-state index contributed by atoms with van der Waals surface area (Å²) in [5.74, 6) is 0.232. The van der Waals surface area contributed by atoms with Crippen LogP contribution in [-0.4, -0.2) is 28.6 Å². The molecular formula is C26H22N2O4. The van der Waals surface area contributed by atoms with Crippen molar-refractivity contribution in [3.8, 4) is 5.75 Å². The number of fused-ring (bicyclic) bond motifs is 4. The molecule has 0 N–H and O–H groups in total. The van der Waals surface area contributed by atoms with Gasteiger partial charge in [-0.15, -0.1) is 0 Å². The molecule has 2 heterocycles. The number of carbonyl (C=O) groups excluding carboxylic acids is 2. The third-order valence-corrected chi connectivity index (χ3v) is 5.89. The first-order chi connectivity index (χ1) is 15.5. The molecule has 6 nitrogen and oxygen atoms in total. The number of ether oxygens (including phenoxy) is 1. The number of aryl methyl sites for hydroxylation is 2. The number of carbonyl (C=O) groups is 2. The SMILES string of the molecule is CCn1c2ccc(C(=O)c3ccccc3C)cc2c2cc3c(cc21)OC/C3=N\OC(C)=O. The summed E-state index contributed by atoms with van der Waals surface area (Å²) < 4.78 is 8.00. The zero-order valence-electron chi connectivity index (χ0n) is 18.1. The van der Waals surface area contributed by atoms with Gasteiger partial charge < -0.3 is 14.1 Å². The number of hydrogen-bond acceptors (Lipinski definition) is 5. The first-order valence-corrected chi connectivity index (χ1v) is 10.6. The molecule has 0 aliphatic carbocycles. The summed E-state index contributed by atoms with van der Waals surface area (Å²) in [5, 5.41) is 5.94. The van der Waals surface area contributed by atoms with Crippen LogP contribution in [0.2, 0.25) is 0 Å². The van der Waals surface area contributed by atoms with Crippen molar-refractivity contribution in [3.05, 3.63) is 76.9 Å². The van der Waals surface area contributed by atoms with Crippen LogP contribution in [0.25, 0.3) is 21.8 Å². The van der Waals surface area contributed by atoms with E-state index >= 15 is 0 Å². The van der Waals surface area contributed by atoms with Gasteiger partial charge in [-0.1, -0.05) is 29.4 Å². The maximum absolute atomic E-state index is 13.2. The fourth-order valence-electron chi connectivity index (χ4n) is 4.35. The van der Waals surface area contributed by atoms with Crippen molar-refractivity contribution < 1.29 is 19.2 Å². The highest BCUT2D eigenvalue weighted by atomic mass is 16.7. The molecule has 1 aliphatic heterocycles. The second-order valence-corrected chi connectivity index (χ2v) is 7.90. The van der Waals surface area contributed by atoms with E-state index in [1.54, 1.807) is 0 Å². The van der Waals surface area contributed by atoms with Gasteiger partial charge in [0.2, 0.25) is 0 Å². The lowest BCUT2D eigenvalue weighted by molar-refractivity contribution is -0.140. The summed E-state index contributed by atoms with van der Waals surface area (Å²) in [7, 11) is 0. The summed E-state index contributed by atoms with van der Waals surface area (Å²) in [6, 6.07) is 17.5. The van der Waals surface area contributed by atoms with E-state index in [0.29, 0.717) is 22.6 Å². The molecule has 1 aromatic heterocycles. The molecule has 0 bridgehead atoms. The smallest absolute Gasteiger partial charge is 0.331 e. The molecule has 4 aromatic rings. The monoisotopic (exact) mass is 426 g/mol. The molecule has 6 heteroatoms. The van der Waals surface area contributed by atoms with E-state index in [1.165, 1.54) is 6.92 Å². The highest BCUT2D eigenvalue weighted by Crippen LogP contribution is 2.37. The Morgan fingerprint density at radius 3 is 2.59 bits per heavy atom. The molecule has 0 unspecified atom stereocenters. The lowest BCUT2D eigenvalue weighted by Crippen LogP contribution is -2.05. The number of rotatable bonds is 4. The minimum Gasteiger partial charge on any atom is -0.486 e. The molecule has 32 heavy (non-hydrogen) atoms. The Labute approximate surface area is 185 Å². The van der Waals surface area contributed by atoms with Crippen LogP contribution in [-0.2, 0) is 16.2 Å². The Morgan fingerprint density at radius 1 is 1.06 bits per heavy atom. The zero-order chi connectivity index (χ0) is 22.4. The van der Waals surface area contributed by atoms with Crippen LogP contribution in [0.4, 0.5) is 0 Å². The second-order valence-electron chi connectivity index (χ2n) is 7.90. The number of benzene rings is 3. The quantitative estimate of drug-likeness (QED) is 0.261. The van der Waals surface area contributed by atoms with Crippen molar-refractivity contribution in [2.24, 2.45) is 5.16 Å². The van der Waals surface area contributed by atoms with Gasteiger partial charge in [0.25, 0.3) is 0 Å². The Kier molecular flexibility index (Phi) is 4.78. The van der Waals surface area contributed by atoms with Crippen LogP contribution in [0.5, 0.6) is 5.75 Å². The summed E-state index contributed by atoms with van der Waals surface area (Å²) in [5.41, 5.74) is 5.74. The Bertz CT molecular complexity index is 1450. The molecule has 0 fully saturated rings. The van der Waals surface area contributed by atoms with Gasteiger partial charge in [-0.2, -0.15) is 0 Å². The Hall–Kier alpha value is -3.93. The van der Waals surface area contributed by atoms with E-state index in [4.69, 9.17) is 9.57 Å². The normalized spacial score (nSPS) is 14.0. The van der Waals surface area contributed by atoms with Crippen molar-refractivity contribution in [1.82, 2.24) is 4.57 Å². The van der Waals surface area contributed by atoms with E-state index in [9.17, 15) is 9.59 Å². The van der Waals surface area contributed by atoms with E-state index in [-0.39, 0.29) is 12.4 Å². The van der Waals surface area contributed by atoms with Crippen LogP contribution in [0, 0.1) is 6.92 Å². The van der Waals surface area contributed by atoms with E-state index in [0.717, 1.165) is 39.5 Å². The van der Waals surface area contributed by atoms with Crippen LogP contribution in [0.3, 0.4) is 0 Å². The van der Waals surface area contributed by atoms with E-state index in [2.05, 4.69) is 16.6 Å². The summed E-state index contributed by atoms with van der Waals surface area (Å²) in [6.07, 6.45) is 0. The van der Waals surface area contributed by atoms with Crippen LogP contribution in [0.1, 0.15) is 40.9 Å². The minimum atomic E-state index is -0.478. The van der Waals surface area contributed by atoms with Crippen molar-refractivity contribution in [1.29, 1.82) is 0 Å². The molecule has 0 saturated carbocycles. The molecule has 0 amide bonds. The molecule has 160 valence electrons. The Balaban J connectivity index is 1.70. The first-order valence-electron chi connectivity index (χ1n) is 10.6. The maximum Gasteiger partial charge on any atom is 0.331 e. The summed E-state index contributed by atoms with van der Waals surface area (Å²) in [6.45, 7) is 6.37. The average Bonchev–Trinajstić information content (AvgIpc) is 3.33. The summed E-state index contributed by atoms with van der Waals surface area (Å²) in [4.78, 5) is 29.2. The second kappa shape index (κ2) is 7.64. The molecule has 0 radical (unpaired) electrons. The van der Waals surface area contributed by atoms with Gasteiger partial charge in [0.15, 0.2) is 5.78 Å². The molecule has 3 aromatic carbocycles. The number of nitrogens with zero attached hydrogens (tertiary/aromatic N) is 2. The largest absolute Gasteiger partial charge is 0.486 e. The fraction of sp³-hybridized carbons (Fsp3) is 0.192.